The highest BCUT2D eigenvalue weighted by Crippen LogP contribution is 2.25. The Kier molecular flexibility index (Phi) is 24.1. The molecule has 0 bridgehead atoms. The molecule has 0 aromatic rings. The van der Waals surface area contributed by atoms with Crippen molar-refractivity contribution in [3.8, 4) is 0 Å². The monoisotopic (exact) mass is 1000 g/mol. The van der Waals surface area contributed by atoms with E-state index in [1.807, 2.05) is 0 Å². The second kappa shape index (κ2) is 28.6. The first-order valence-corrected chi connectivity index (χ1v) is 22.7. The van der Waals surface area contributed by atoms with Crippen LogP contribution in [0.25, 0.3) is 0 Å². The van der Waals surface area contributed by atoms with E-state index in [-0.39, 0.29) is 52.0 Å². The summed E-state index contributed by atoms with van der Waals surface area (Å²) in [6, 6.07) is -1.09. The number of nitrogens with one attached hydrogen (secondary N) is 3. The van der Waals surface area contributed by atoms with Crippen molar-refractivity contribution in [3.05, 3.63) is 0 Å². The Morgan fingerprint density at radius 1 is 0.652 bits per heavy atom. The molecule has 4 aliphatic heterocycles. The summed E-state index contributed by atoms with van der Waals surface area (Å²) in [4.78, 5) is 69.9. The first-order chi connectivity index (χ1) is 32.7. The van der Waals surface area contributed by atoms with Gasteiger partial charge in [0.15, 0.2) is 25.1 Å². The van der Waals surface area contributed by atoms with E-state index in [1.54, 1.807) is 0 Å². The zero-order valence-electron chi connectivity index (χ0n) is 38.0. The molecule has 15 N–H and O–H groups in total. The van der Waals surface area contributed by atoms with E-state index in [0.717, 1.165) is 0 Å². The molecular formula is C40H69N5O24. The first kappa shape index (κ1) is 58.2. The lowest BCUT2D eigenvalue weighted by Gasteiger charge is -2.40. The van der Waals surface area contributed by atoms with Crippen molar-refractivity contribution in [2.75, 3.05) is 65.8 Å². The van der Waals surface area contributed by atoms with Gasteiger partial charge in [-0.2, -0.15) is 0 Å². The predicted octanol–water partition coefficient (Wildman–Crippen LogP) is -9.17. The fraction of sp³-hybridized carbons (Fsp3) is 0.875. The molecule has 0 saturated carbocycles. The summed E-state index contributed by atoms with van der Waals surface area (Å²) in [6.07, 6.45) is -23.1. The van der Waals surface area contributed by atoms with E-state index in [1.165, 1.54) is 11.8 Å². The minimum atomic E-state index is -1.82. The lowest BCUT2D eigenvalue weighted by Crippen LogP contribution is -2.60. The molecule has 0 aliphatic carbocycles. The van der Waals surface area contributed by atoms with Gasteiger partial charge in [0.25, 0.3) is 5.91 Å². The summed E-state index contributed by atoms with van der Waals surface area (Å²) >= 11 is 0. The smallest absolute Gasteiger partial charge is 0.332 e. The Morgan fingerprint density at radius 3 is 1.74 bits per heavy atom. The average molecular weight is 1000 g/mol. The van der Waals surface area contributed by atoms with E-state index in [4.69, 9.17) is 33.3 Å². The van der Waals surface area contributed by atoms with Gasteiger partial charge in [-0.05, 0) is 26.2 Å². The van der Waals surface area contributed by atoms with Crippen LogP contribution in [0.1, 0.15) is 51.9 Å². The molecule has 69 heavy (non-hydrogen) atoms. The number of hydroxylamine groups is 2. The molecule has 398 valence electrons. The number of carbonyl (C=O) groups is 5. The Morgan fingerprint density at radius 2 is 1.17 bits per heavy atom. The van der Waals surface area contributed by atoms with Gasteiger partial charge < -0.3 is 110 Å². The van der Waals surface area contributed by atoms with Crippen molar-refractivity contribution < 1.29 is 119 Å². The molecule has 17 atom stereocenters. The third kappa shape index (κ3) is 17.4. The van der Waals surface area contributed by atoms with Gasteiger partial charge in [-0.15, -0.1) is 5.06 Å². The molecule has 4 heterocycles. The Hall–Kier alpha value is -3.41. The number of aliphatic hydroxyl groups is 12. The van der Waals surface area contributed by atoms with Crippen molar-refractivity contribution in [2.24, 2.45) is 0 Å². The standard InChI is InChI=1S/C40H69N5O24/c1-19-29(54)32(57)35(60)38(66-19)64-12-10-42-24(49)14-44(13-23(48)41-9-4-2-3-5-28(53)69-45-26(51)6-7-27(45)52)15-25(50)43-20(18-65-40-37(62)34(59)31(56)22(17-47)68-40)8-11-63-39-36(61)33(58)30(55)21(16-46)67-39/h19-22,26,29-40,46-47,51,54-62H,2-18H2,1H3,(H,41,48)(H,42,49)(H,43,50)/t19-,20?,21+,22+,26?,29+,30+,31+,32+,33-,34-,35-,36-,37-,38+,39-,40-/m0/s1. The molecule has 0 radical (unpaired) electrons. The highest BCUT2D eigenvalue weighted by atomic mass is 16.7. The number of hydrogen-bond donors (Lipinski definition) is 15. The van der Waals surface area contributed by atoms with Gasteiger partial charge in [-0.3, -0.25) is 24.1 Å². The normalized spacial score (nSPS) is 34.3. The van der Waals surface area contributed by atoms with Crippen LogP contribution in [0.4, 0.5) is 0 Å². The number of nitrogens with zero attached hydrogens (tertiary/aromatic N) is 2. The average Bonchev–Trinajstić information content (AvgIpc) is 3.63. The third-order valence-electron chi connectivity index (χ3n) is 11.6. The van der Waals surface area contributed by atoms with E-state index >= 15 is 0 Å². The number of unbranched alkanes of at least 4 members (excludes halogenated alkanes) is 2. The maximum atomic E-state index is 13.7. The molecular weight excluding hydrogens is 934 g/mol. The number of aliphatic hydroxyl groups excluding tert-OH is 12. The van der Waals surface area contributed by atoms with Crippen LogP contribution in [0.3, 0.4) is 0 Å². The van der Waals surface area contributed by atoms with E-state index < -0.39 is 173 Å². The lowest BCUT2D eigenvalue weighted by molar-refractivity contribution is -0.304. The number of hydrogen-bond acceptors (Lipinski definition) is 25. The second-order valence-corrected chi connectivity index (χ2v) is 17.1. The molecule has 4 aliphatic rings. The molecule has 0 aromatic heterocycles. The van der Waals surface area contributed by atoms with Crippen molar-refractivity contribution in [3.63, 3.8) is 0 Å². The Balaban J connectivity index is 1.36. The quantitative estimate of drug-likeness (QED) is 0.0340. The molecule has 4 rings (SSSR count). The molecule has 4 amide bonds. The summed E-state index contributed by atoms with van der Waals surface area (Å²) in [5, 5.41) is 129. The zero-order valence-corrected chi connectivity index (χ0v) is 38.0. The molecule has 4 fully saturated rings. The lowest BCUT2D eigenvalue weighted by atomic mass is 9.99. The summed E-state index contributed by atoms with van der Waals surface area (Å²) in [6.45, 7) is -2.86. The maximum Gasteiger partial charge on any atom is 0.332 e. The van der Waals surface area contributed by atoms with Crippen molar-refractivity contribution in [1.82, 2.24) is 25.9 Å². The summed E-state index contributed by atoms with van der Waals surface area (Å²) in [7, 11) is 0. The van der Waals surface area contributed by atoms with Gasteiger partial charge in [-0.1, -0.05) is 6.42 Å². The fourth-order valence-corrected chi connectivity index (χ4v) is 7.54. The summed E-state index contributed by atoms with van der Waals surface area (Å²) in [5.74, 6) is -3.35. The predicted molar refractivity (Wildman–Crippen MR) is 223 cm³/mol. The highest BCUT2D eigenvalue weighted by molar-refractivity contribution is 5.84. The SMILES string of the molecule is C[C@@H]1O[C@@H](OCCNC(=O)CN(CC(=O)NCCCCCC(=O)ON2C(=O)CCC2O)CC(=O)NC(CCO[C@H]2O[C@H](CO)[C@@H](O)[C@H](O)[C@@H]2O)CO[C@H]2O[C@H](CO)[C@@H](O)[C@H](O)[C@@H]2O)[C@@H](O)[C@H](O)[C@@H]1O. The second-order valence-electron chi connectivity index (χ2n) is 17.1. The molecule has 0 spiro atoms. The van der Waals surface area contributed by atoms with E-state index in [2.05, 4.69) is 16.0 Å². The van der Waals surface area contributed by atoms with Crippen LogP contribution in [0.15, 0.2) is 0 Å². The van der Waals surface area contributed by atoms with Crippen molar-refractivity contribution in [2.45, 2.75) is 156 Å². The molecule has 29 heteroatoms. The minimum Gasteiger partial charge on any atom is -0.394 e. The van der Waals surface area contributed by atoms with Crippen LogP contribution < -0.4 is 16.0 Å². The molecule has 0 aromatic carbocycles. The van der Waals surface area contributed by atoms with Gasteiger partial charge in [0, 0.05) is 32.4 Å². The molecule has 4 saturated heterocycles. The number of rotatable bonds is 27. The zero-order chi connectivity index (χ0) is 50.9. The van der Waals surface area contributed by atoms with Crippen molar-refractivity contribution in [1.29, 1.82) is 0 Å². The summed E-state index contributed by atoms with van der Waals surface area (Å²) < 4.78 is 32.8. The van der Waals surface area contributed by atoms with Gasteiger partial charge in [-0.25, -0.2) is 4.79 Å². The van der Waals surface area contributed by atoms with Gasteiger partial charge >= 0.3 is 5.97 Å². The number of carbonyl (C=O) groups excluding carboxylic acids is 5. The third-order valence-corrected chi connectivity index (χ3v) is 11.6. The number of amides is 4. The van der Waals surface area contributed by atoms with Crippen molar-refractivity contribution >= 4 is 29.6 Å². The molecule has 2 unspecified atom stereocenters. The topological polar surface area (TPSA) is 435 Å². The van der Waals surface area contributed by atoms with Crippen LogP contribution in [-0.4, -0.2) is 271 Å². The largest absolute Gasteiger partial charge is 0.394 e. The molecule has 29 nitrogen and oxygen atoms in total. The van der Waals surface area contributed by atoms with Crippen LogP contribution in [0.2, 0.25) is 0 Å². The number of ether oxygens (including phenoxy) is 6. The first-order valence-electron chi connectivity index (χ1n) is 22.7. The highest BCUT2D eigenvalue weighted by Gasteiger charge is 2.46. The fourth-order valence-electron chi connectivity index (χ4n) is 7.54. The Bertz CT molecular complexity index is 1620. The van der Waals surface area contributed by atoms with Crippen LogP contribution >= 0.6 is 0 Å². The van der Waals surface area contributed by atoms with E-state index in [0.29, 0.717) is 24.3 Å². The van der Waals surface area contributed by atoms with Gasteiger partial charge in [0.1, 0.15) is 67.1 Å². The maximum absolute atomic E-state index is 13.7. The van der Waals surface area contributed by atoms with Crippen LogP contribution in [0, 0.1) is 0 Å². The van der Waals surface area contributed by atoms with Crippen LogP contribution in [0.5, 0.6) is 0 Å². The minimum absolute atomic E-state index is 0.0490. The van der Waals surface area contributed by atoms with Crippen LogP contribution in [-0.2, 0) is 57.2 Å². The van der Waals surface area contributed by atoms with E-state index in [9.17, 15) is 85.3 Å². The summed E-state index contributed by atoms with van der Waals surface area (Å²) in [5.41, 5.74) is 0. The Labute approximate surface area is 395 Å². The van der Waals surface area contributed by atoms with Gasteiger partial charge in [0.05, 0.1) is 64.8 Å². The van der Waals surface area contributed by atoms with Gasteiger partial charge in [0.2, 0.25) is 17.7 Å².